The average molecular weight is 370 g/mol. The van der Waals surface area contributed by atoms with Crippen LogP contribution >= 0.6 is 9.24 Å². The minimum Gasteiger partial charge on any atom is -0.343 e. The molecule has 0 heterocycles. The van der Waals surface area contributed by atoms with E-state index in [-0.39, 0.29) is 40.6 Å². The van der Waals surface area contributed by atoms with Gasteiger partial charge < -0.3 is 6.92 Å². The quantitative estimate of drug-likeness (QED) is 0.433. The number of hydrogen-bond acceptors (Lipinski definition) is 1. The van der Waals surface area contributed by atoms with Crippen LogP contribution in [0.3, 0.4) is 0 Å². The Kier molecular flexibility index (Phi) is 11.3. The maximum atomic E-state index is 12.3. The Bertz CT molecular complexity index is 547. The van der Waals surface area contributed by atoms with Gasteiger partial charge in [-0.3, -0.25) is 4.79 Å². The Morgan fingerprint density at radius 2 is 1.19 bits per heavy atom. The second-order valence-corrected chi connectivity index (χ2v) is 10.4. The molecular formula is C23H40LiOP. The van der Waals surface area contributed by atoms with Crippen molar-refractivity contribution >= 4 is 14.8 Å². The third-order valence-electron chi connectivity index (χ3n) is 4.22. The van der Waals surface area contributed by atoms with Gasteiger partial charge in [0.25, 0.3) is 0 Å². The summed E-state index contributed by atoms with van der Waals surface area (Å²) in [5.41, 5.74) is 4.54. The van der Waals surface area contributed by atoms with E-state index >= 15 is 0 Å². The Labute approximate surface area is 177 Å². The molecule has 0 aliphatic rings. The van der Waals surface area contributed by atoms with E-state index in [0.29, 0.717) is 0 Å². The molecule has 1 atom stereocenters. The van der Waals surface area contributed by atoms with E-state index in [1.54, 1.807) is 0 Å². The molecule has 1 rings (SSSR count). The number of carbonyl (C=O) groups is 1. The molecule has 0 spiro atoms. The zero-order valence-electron chi connectivity index (χ0n) is 19.3. The van der Waals surface area contributed by atoms with Gasteiger partial charge in [0.05, 0.1) is 0 Å². The third-order valence-corrected chi connectivity index (χ3v) is 4.51. The number of carbonyl (C=O) groups excluding carboxylic acids is 1. The topological polar surface area (TPSA) is 17.1 Å². The van der Waals surface area contributed by atoms with Crippen molar-refractivity contribution in [2.24, 2.45) is 0 Å². The molecule has 0 aliphatic carbocycles. The molecule has 0 bridgehead atoms. The summed E-state index contributed by atoms with van der Waals surface area (Å²) < 4.78 is 0. The van der Waals surface area contributed by atoms with Gasteiger partial charge >= 0.3 is 18.9 Å². The molecule has 144 valence electrons. The van der Waals surface area contributed by atoms with Crippen molar-refractivity contribution in [1.29, 1.82) is 0 Å². The van der Waals surface area contributed by atoms with Gasteiger partial charge in [-0.05, 0) is 32.9 Å². The van der Waals surface area contributed by atoms with E-state index in [4.69, 9.17) is 0 Å². The van der Waals surface area contributed by atoms with Gasteiger partial charge in [0.2, 0.25) is 0 Å². The summed E-state index contributed by atoms with van der Waals surface area (Å²) in [6.45, 7) is 25.5. The molecule has 0 fully saturated rings. The van der Waals surface area contributed by atoms with Crippen molar-refractivity contribution in [3.63, 3.8) is 0 Å². The van der Waals surface area contributed by atoms with Crippen LogP contribution < -0.4 is 18.9 Å². The van der Waals surface area contributed by atoms with Gasteiger partial charge in [-0.25, -0.2) is 0 Å². The van der Waals surface area contributed by atoms with Crippen LogP contribution in [0.15, 0.2) is 12.1 Å². The van der Waals surface area contributed by atoms with Crippen LogP contribution in [0.4, 0.5) is 0 Å². The van der Waals surface area contributed by atoms with E-state index in [1.165, 1.54) is 12.0 Å². The molecule has 26 heavy (non-hydrogen) atoms. The molecule has 0 N–H and O–H groups in total. The number of benzene rings is 1. The van der Waals surface area contributed by atoms with Gasteiger partial charge in [0, 0.05) is 5.56 Å². The van der Waals surface area contributed by atoms with E-state index in [2.05, 4.69) is 97.5 Å². The fourth-order valence-corrected chi connectivity index (χ4v) is 2.83. The van der Waals surface area contributed by atoms with Crippen LogP contribution in [-0.4, -0.2) is 5.52 Å². The predicted molar refractivity (Wildman–Crippen MR) is 117 cm³/mol. The van der Waals surface area contributed by atoms with Crippen molar-refractivity contribution in [2.45, 2.75) is 98.3 Å². The molecule has 1 aromatic carbocycles. The molecule has 0 radical (unpaired) electrons. The molecule has 0 amide bonds. The van der Waals surface area contributed by atoms with Crippen molar-refractivity contribution < 1.29 is 23.7 Å². The van der Waals surface area contributed by atoms with Crippen molar-refractivity contribution in [1.82, 2.24) is 0 Å². The zero-order valence-corrected chi connectivity index (χ0v) is 20.4. The van der Waals surface area contributed by atoms with Crippen molar-refractivity contribution in [2.75, 3.05) is 0 Å². The summed E-state index contributed by atoms with van der Waals surface area (Å²) in [7, 11) is 2.36. The van der Waals surface area contributed by atoms with E-state index < -0.39 is 0 Å². The minimum absolute atomic E-state index is 0. The smallest absolute Gasteiger partial charge is 0.343 e. The first kappa shape index (κ1) is 28.1. The first-order valence-electron chi connectivity index (χ1n) is 9.35. The van der Waals surface area contributed by atoms with Crippen molar-refractivity contribution in [3.05, 3.63) is 41.3 Å². The van der Waals surface area contributed by atoms with Crippen molar-refractivity contribution in [3.8, 4) is 0 Å². The summed E-state index contributed by atoms with van der Waals surface area (Å²) in [5.74, 6) is 0. The molecule has 0 aromatic heterocycles. The third kappa shape index (κ3) is 8.29. The standard InChI is InChI=1S/C19H31OP.C4H9.Li/c1-17(2,3)12-10-13(18(4,5)6)15(16(20)21)14(11-12)19(7,8)9;1-3-4-2;/h10-11H,21H2,1-9H3;1,3-4H2,2H3;/q;-1;+1. The van der Waals surface area contributed by atoms with Gasteiger partial charge in [-0.1, -0.05) is 97.0 Å². The molecule has 0 aliphatic heterocycles. The van der Waals surface area contributed by atoms with Crippen LogP contribution in [0.1, 0.15) is 109 Å². The number of rotatable bonds is 2. The normalized spacial score (nSPS) is 12.0. The Morgan fingerprint density at radius 1 is 0.885 bits per heavy atom. The first-order valence-corrected chi connectivity index (χ1v) is 9.93. The number of unbranched alkanes of at least 4 members (excludes halogenated alkanes) is 1. The van der Waals surface area contributed by atoms with Crippen LogP contribution in [-0.2, 0) is 16.2 Å². The SMILES string of the molecule is CC(C)(C)c1cc(C(C)(C)C)c(C(=O)P)c(C(C)(C)C)c1.[CH2-]CCC.[Li+]. The van der Waals surface area contributed by atoms with Crippen LogP contribution in [0, 0.1) is 6.92 Å². The molecule has 1 aromatic rings. The monoisotopic (exact) mass is 370 g/mol. The van der Waals surface area contributed by atoms with Gasteiger partial charge in [-0.2, -0.15) is 6.42 Å². The van der Waals surface area contributed by atoms with E-state index in [9.17, 15) is 4.79 Å². The predicted octanol–water partition coefficient (Wildman–Crippen LogP) is 4.22. The van der Waals surface area contributed by atoms with Gasteiger partial charge in [-0.15, -0.1) is 0 Å². The average Bonchev–Trinajstić information content (AvgIpc) is 2.43. The summed E-state index contributed by atoms with van der Waals surface area (Å²) in [6, 6.07) is 4.46. The second-order valence-electron chi connectivity index (χ2n) is 9.91. The van der Waals surface area contributed by atoms with Crippen LogP contribution in [0.2, 0.25) is 0 Å². The maximum Gasteiger partial charge on any atom is 1.00 e. The summed E-state index contributed by atoms with van der Waals surface area (Å²) in [6.07, 6.45) is 2.28. The number of hydrogen-bond donors (Lipinski definition) is 0. The largest absolute Gasteiger partial charge is 1.00 e. The molecule has 1 nitrogen and oxygen atoms in total. The Balaban J connectivity index is 0. The molecule has 0 saturated heterocycles. The van der Waals surface area contributed by atoms with E-state index in [0.717, 1.165) is 23.1 Å². The molecule has 0 saturated carbocycles. The second kappa shape index (κ2) is 10.5. The van der Waals surface area contributed by atoms with Crippen LogP contribution in [0.5, 0.6) is 0 Å². The minimum atomic E-state index is -0.0528. The summed E-state index contributed by atoms with van der Waals surface area (Å²) >= 11 is 0. The summed E-state index contributed by atoms with van der Waals surface area (Å²) in [4.78, 5) is 12.3. The fourth-order valence-electron chi connectivity index (χ4n) is 2.52. The molecule has 1 unspecified atom stereocenters. The Morgan fingerprint density at radius 3 is 1.35 bits per heavy atom. The summed E-state index contributed by atoms with van der Waals surface area (Å²) in [5, 5.41) is 0. The zero-order chi connectivity index (χ0) is 20.2. The maximum absolute atomic E-state index is 12.3. The van der Waals surface area contributed by atoms with Gasteiger partial charge in [0.1, 0.15) is 0 Å². The van der Waals surface area contributed by atoms with E-state index in [1.807, 2.05) is 0 Å². The molecule has 3 heteroatoms. The van der Waals surface area contributed by atoms with Crippen LogP contribution in [0.25, 0.3) is 0 Å². The molecular weight excluding hydrogens is 330 g/mol. The fraction of sp³-hybridized carbons (Fsp3) is 0.652. The Hall–Kier alpha value is -0.0826. The first-order chi connectivity index (χ1) is 11.1. The van der Waals surface area contributed by atoms with Gasteiger partial charge in [0.15, 0.2) is 5.52 Å².